The van der Waals surface area contributed by atoms with Crippen LogP contribution in [0.4, 0.5) is 8.78 Å². The minimum atomic E-state index is -2.76. The van der Waals surface area contributed by atoms with Crippen LogP contribution in [0, 0.1) is 0 Å². The van der Waals surface area contributed by atoms with Crippen LogP contribution < -0.4 is 10.1 Å². The van der Waals surface area contributed by atoms with Gasteiger partial charge in [0.25, 0.3) is 0 Å². The molecule has 17 heavy (non-hydrogen) atoms. The zero-order chi connectivity index (χ0) is 11.4. The number of hydrogen-bond donors (Lipinski definition) is 1. The molecule has 0 aliphatic carbocycles. The standard InChI is InChI=1S/C12H15F2NO.ClH/c13-12(14)16-10-5-3-4-9(8-10)11-6-1-2-7-15-11;/h3-5,8,11-12,15H,1-2,6-7H2;1H/t11-;/m0./s1. The van der Waals surface area contributed by atoms with Crippen LogP contribution in [0.1, 0.15) is 30.9 Å². The average molecular weight is 264 g/mol. The first-order valence-electron chi connectivity index (χ1n) is 5.54. The van der Waals surface area contributed by atoms with E-state index < -0.39 is 6.61 Å². The van der Waals surface area contributed by atoms with Gasteiger partial charge in [-0.15, -0.1) is 12.4 Å². The van der Waals surface area contributed by atoms with Crippen LogP contribution in [0.3, 0.4) is 0 Å². The maximum absolute atomic E-state index is 12.1. The number of ether oxygens (including phenoxy) is 1. The van der Waals surface area contributed by atoms with Crippen LogP contribution in [-0.4, -0.2) is 13.2 Å². The van der Waals surface area contributed by atoms with Gasteiger partial charge in [-0.1, -0.05) is 18.6 Å². The molecule has 1 heterocycles. The first-order valence-corrected chi connectivity index (χ1v) is 5.54. The number of halogens is 3. The third kappa shape index (κ3) is 4.13. The number of benzene rings is 1. The molecule has 0 amide bonds. The smallest absolute Gasteiger partial charge is 0.387 e. The van der Waals surface area contributed by atoms with Gasteiger partial charge in [0, 0.05) is 6.04 Å². The molecule has 0 bridgehead atoms. The van der Waals surface area contributed by atoms with Crippen molar-refractivity contribution in [2.75, 3.05) is 6.54 Å². The number of rotatable bonds is 3. The summed E-state index contributed by atoms with van der Waals surface area (Å²) in [4.78, 5) is 0. The first kappa shape index (κ1) is 14.2. The molecule has 1 fully saturated rings. The second-order valence-electron chi connectivity index (χ2n) is 3.95. The molecule has 0 aromatic heterocycles. The molecule has 1 N–H and O–H groups in total. The fourth-order valence-electron chi connectivity index (χ4n) is 2.04. The molecule has 0 radical (unpaired) electrons. The first-order chi connectivity index (χ1) is 7.75. The molecule has 1 aromatic carbocycles. The molecule has 1 atom stereocenters. The highest BCUT2D eigenvalue weighted by Crippen LogP contribution is 2.26. The Bertz CT molecular complexity index is 343. The predicted octanol–water partition coefficient (Wildman–Crippen LogP) is 3.52. The van der Waals surface area contributed by atoms with Gasteiger partial charge in [-0.2, -0.15) is 8.78 Å². The molecule has 5 heteroatoms. The van der Waals surface area contributed by atoms with Gasteiger partial charge in [-0.05, 0) is 37.1 Å². The number of hydrogen-bond acceptors (Lipinski definition) is 2. The summed E-state index contributed by atoms with van der Waals surface area (Å²) < 4.78 is 28.5. The Morgan fingerprint density at radius 1 is 1.29 bits per heavy atom. The monoisotopic (exact) mass is 263 g/mol. The third-order valence-corrected chi connectivity index (χ3v) is 2.80. The molecule has 1 aliphatic rings. The molecule has 96 valence electrons. The molecular formula is C12H16ClF2NO. The minimum Gasteiger partial charge on any atom is -0.435 e. The van der Waals surface area contributed by atoms with E-state index in [-0.39, 0.29) is 24.2 Å². The largest absolute Gasteiger partial charge is 0.435 e. The Hall–Kier alpha value is -0.870. The normalized spacial score (nSPS) is 19.8. The van der Waals surface area contributed by atoms with E-state index in [1.54, 1.807) is 18.2 Å². The van der Waals surface area contributed by atoms with Gasteiger partial charge in [0.2, 0.25) is 0 Å². The van der Waals surface area contributed by atoms with Crippen molar-refractivity contribution in [1.29, 1.82) is 0 Å². The Kier molecular flexibility index (Phi) is 5.65. The highest BCUT2D eigenvalue weighted by molar-refractivity contribution is 5.85. The van der Waals surface area contributed by atoms with E-state index in [0.717, 1.165) is 18.5 Å². The maximum Gasteiger partial charge on any atom is 0.387 e. The van der Waals surface area contributed by atoms with E-state index in [2.05, 4.69) is 10.1 Å². The molecule has 0 spiro atoms. The Morgan fingerprint density at radius 3 is 2.76 bits per heavy atom. The van der Waals surface area contributed by atoms with Crippen molar-refractivity contribution in [1.82, 2.24) is 5.32 Å². The van der Waals surface area contributed by atoms with E-state index >= 15 is 0 Å². The summed E-state index contributed by atoms with van der Waals surface area (Å²) >= 11 is 0. The summed E-state index contributed by atoms with van der Waals surface area (Å²) in [7, 11) is 0. The Balaban J connectivity index is 0.00000144. The van der Waals surface area contributed by atoms with Crippen LogP contribution in [0.5, 0.6) is 5.75 Å². The van der Waals surface area contributed by atoms with Crippen LogP contribution in [0.2, 0.25) is 0 Å². The SMILES string of the molecule is Cl.FC(F)Oc1cccc([C@@H]2CCCCN2)c1. The van der Waals surface area contributed by atoms with E-state index in [0.29, 0.717) is 0 Å². The molecule has 0 saturated carbocycles. The second kappa shape index (κ2) is 6.77. The van der Waals surface area contributed by atoms with Gasteiger partial charge >= 0.3 is 6.61 Å². The van der Waals surface area contributed by atoms with Gasteiger partial charge < -0.3 is 10.1 Å². The molecule has 2 nitrogen and oxygen atoms in total. The minimum absolute atomic E-state index is 0. The summed E-state index contributed by atoms with van der Waals surface area (Å²) in [6.45, 7) is -1.76. The quantitative estimate of drug-likeness (QED) is 0.901. The van der Waals surface area contributed by atoms with E-state index in [4.69, 9.17) is 0 Å². The fourth-order valence-corrected chi connectivity index (χ4v) is 2.04. The van der Waals surface area contributed by atoms with Crippen molar-refractivity contribution in [2.24, 2.45) is 0 Å². The second-order valence-corrected chi connectivity index (χ2v) is 3.95. The van der Waals surface area contributed by atoms with Crippen molar-refractivity contribution >= 4 is 12.4 Å². The molecule has 1 aromatic rings. The van der Waals surface area contributed by atoms with Gasteiger partial charge in [-0.3, -0.25) is 0 Å². The molecule has 2 rings (SSSR count). The highest BCUT2D eigenvalue weighted by Gasteiger charge is 2.15. The summed E-state index contributed by atoms with van der Waals surface area (Å²) in [5.41, 5.74) is 1.03. The molecule has 0 unspecified atom stereocenters. The molecule has 1 saturated heterocycles. The average Bonchev–Trinajstić information content (AvgIpc) is 2.30. The fraction of sp³-hybridized carbons (Fsp3) is 0.500. The zero-order valence-corrected chi connectivity index (χ0v) is 10.2. The molecule has 1 aliphatic heterocycles. The number of alkyl halides is 2. The zero-order valence-electron chi connectivity index (χ0n) is 9.36. The van der Waals surface area contributed by atoms with Crippen molar-refractivity contribution in [3.05, 3.63) is 29.8 Å². The summed E-state index contributed by atoms with van der Waals surface area (Å²) in [6, 6.07) is 7.22. The predicted molar refractivity (Wildman–Crippen MR) is 64.9 cm³/mol. The topological polar surface area (TPSA) is 21.3 Å². The lowest BCUT2D eigenvalue weighted by Crippen LogP contribution is -2.26. The van der Waals surface area contributed by atoms with Gasteiger partial charge in [-0.25, -0.2) is 0 Å². The van der Waals surface area contributed by atoms with Crippen LogP contribution in [0.25, 0.3) is 0 Å². The van der Waals surface area contributed by atoms with Crippen molar-refractivity contribution < 1.29 is 13.5 Å². The van der Waals surface area contributed by atoms with E-state index in [1.807, 2.05) is 6.07 Å². The lowest BCUT2D eigenvalue weighted by molar-refractivity contribution is -0.0499. The van der Waals surface area contributed by atoms with E-state index in [9.17, 15) is 8.78 Å². The Morgan fingerprint density at radius 2 is 2.12 bits per heavy atom. The molecular weight excluding hydrogens is 248 g/mol. The van der Waals surface area contributed by atoms with Crippen LogP contribution in [-0.2, 0) is 0 Å². The van der Waals surface area contributed by atoms with Gasteiger partial charge in [0.15, 0.2) is 0 Å². The van der Waals surface area contributed by atoms with Crippen molar-refractivity contribution in [2.45, 2.75) is 31.9 Å². The van der Waals surface area contributed by atoms with Crippen LogP contribution >= 0.6 is 12.4 Å². The lowest BCUT2D eigenvalue weighted by atomic mass is 9.97. The number of piperidine rings is 1. The van der Waals surface area contributed by atoms with Crippen LogP contribution in [0.15, 0.2) is 24.3 Å². The van der Waals surface area contributed by atoms with Gasteiger partial charge in [0.1, 0.15) is 5.75 Å². The summed E-state index contributed by atoms with van der Waals surface area (Å²) in [6.07, 6.45) is 3.42. The summed E-state index contributed by atoms with van der Waals surface area (Å²) in [5.74, 6) is 0.236. The Labute approximate surface area is 106 Å². The van der Waals surface area contributed by atoms with Crippen molar-refractivity contribution in [3.63, 3.8) is 0 Å². The lowest BCUT2D eigenvalue weighted by Gasteiger charge is -2.24. The summed E-state index contributed by atoms with van der Waals surface area (Å²) in [5, 5.41) is 3.37. The third-order valence-electron chi connectivity index (χ3n) is 2.80. The van der Waals surface area contributed by atoms with E-state index in [1.165, 1.54) is 12.8 Å². The highest BCUT2D eigenvalue weighted by atomic mass is 35.5. The number of nitrogens with one attached hydrogen (secondary N) is 1. The van der Waals surface area contributed by atoms with Gasteiger partial charge in [0.05, 0.1) is 0 Å². The van der Waals surface area contributed by atoms with Crippen molar-refractivity contribution in [3.8, 4) is 5.75 Å². The maximum atomic E-state index is 12.1.